The maximum absolute atomic E-state index is 13.3. The Morgan fingerprint density at radius 2 is 1.72 bits per heavy atom. The van der Waals surface area contributed by atoms with Gasteiger partial charge in [-0.3, -0.25) is 14.2 Å². The highest BCUT2D eigenvalue weighted by Crippen LogP contribution is 2.25. The fraction of sp³-hybridized carbons (Fsp3) is 0.0909. The van der Waals surface area contributed by atoms with Crippen molar-refractivity contribution in [1.29, 1.82) is 0 Å². The number of hydrogen-bond donors (Lipinski definition) is 0. The lowest BCUT2D eigenvalue weighted by atomic mass is 10.2. The zero-order valence-corrected chi connectivity index (χ0v) is 16.5. The van der Waals surface area contributed by atoms with Crippen LogP contribution in [-0.4, -0.2) is 24.1 Å². The maximum atomic E-state index is 13.3. The second kappa shape index (κ2) is 7.18. The molecule has 0 bridgehead atoms. The van der Waals surface area contributed by atoms with E-state index in [0.29, 0.717) is 16.9 Å². The largest absolute Gasteiger partial charge is 0.268 e. The van der Waals surface area contributed by atoms with Crippen molar-refractivity contribution in [3.63, 3.8) is 0 Å². The van der Waals surface area contributed by atoms with Gasteiger partial charge in [-0.05, 0) is 43.3 Å². The van der Waals surface area contributed by atoms with Crippen molar-refractivity contribution < 1.29 is 0 Å². The molecule has 6 nitrogen and oxygen atoms in total. The monoisotopic (exact) mass is 399 g/mol. The molecule has 0 saturated heterocycles. The van der Waals surface area contributed by atoms with Crippen LogP contribution in [0.3, 0.4) is 0 Å². The lowest BCUT2D eigenvalue weighted by Crippen LogP contribution is -2.21. The van der Waals surface area contributed by atoms with Crippen molar-refractivity contribution >= 4 is 28.4 Å². The molecule has 0 amide bonds. The van der Waals surface area contributed by atoms with E-state index in [1.165, 1.54) is 0 Å². The Morgan fingerprint density at radius 3 is 2.52 bits per heavy atom. The molecule has 3 aromatic heterocycles. The summed E-state index contributed by atoms with van der Waals surface area (Å²) in [5.74, 6) is 1.17. The van der Waals surface area contributed by atoms with Crippen LogP contribution in [-0.2, 0) is 5.75 Å². The third-order valence-corrected chi connectivity index (χ3v) is 5.72. The molecule has 7 heteroatoms. The number of thioether (sulfide) groups is 1. The van der Waals surface area contributed by atoms with E-state index in [-0.39, 0.29) is 5.56 Å². The minimum absolute atomic E-state index is 0.106. The minimum Gasteiger partial charge on any atom is -0.268 e. The molecule has 0 N–H and O–H groups in total. The first-order valence-corrected chi connectivity index (χ1v) is 10.2. The predicted octanol–water partition coefficient (Wildman–Crippen LogP) is 4.03. The summed E-state index contributed by atoms with van der Waals surface area (Å²) in [7, 11) is 0. The number of benzene rings is 2. The van der Waals surface area contributed by atoms with Gasteiger partial charge in [-0.15, -0.1) is 10.2 Å². The van der Waals surface area contributed by atoms with Crippen molar-refractivity contribution in [2.24, 2.45) is 0 Å². The van der Waals surface area contributed by atoms with E-state index in [4.69, 9.17) is 0 Å². The van der Waals surface area contributed by atoms with Gasteiger partial charge in [0, 0.05) is 11.9 Å². The van der Waals surface area contributed by atoms with E-state index in [1.54, 1.807) is 22.5 Å². The van der Waals surface area contributed by atoms with Gasteiger partial charge in [0.1, 0.15) is 0 Å². The Morgan fingerprint density at radius 1 is 0.931 bits per heavy atom. The lowest BCUT2D eigenvalue weighted by molar-refractivity contribution is 0.929. The van der Waals surface area contributed by atoms with Crippen LogP contribution < -0.4 is 5.56 Å². The minimum atomic E-state index is -0.106. The molecular formula is C22H17N5OS. The van der Waals surface area contributed by atoms with E-state index in [1.807, 2.05) is 78.1 Å². The fourth-order valence-electron chi connectivity index (χ4n) is 3.32. The summed E-state index contributed by atoms with van der Waals surface area (Å²) in [5.41, 5.74) is 3.55. The van der Waals surface area contributed by atoms with Crippen LogP contribution in [0.15, 0.2) is 82.9 Å². The SMILES string of the molecule is Cc1ccc(-n2c(=O)c3ccccc3n3c(SCc4ccccn4)nnc23)cc1. The van der Waals surface area contributed by atoms with Crippen molar-refractivity contribution in [3.05, 3.63) is 94.5 Å². The molecule has 5 rings (SSSR count). The van der Waals surface area contributed by atoms with E-state index < -0.39 is 0 Å². The summed E-state index contributed by atoms with van der Waals surface area (Å²) < 4.78 is 3.57. The Labute approximate surface area is 170 Å². The van der Waals surface area contributed by atoms with Gasteiger partial charge in [0.25, 0.3) is 5.56 Å². The van der Waals surface area contributed by atoms with Gasteiger partial charge in [0.15, 0.2) is 5.16 Å². The number of para-hydroxylation sites is 1. The standard InChI is InChI=1S/C22H17N5OS/c1-15-9-11-17(12-10-15)26-20(28)18-7-2-3-8-19(18)27-21(26)24-25-22(27)29-14-16-6-4-5-13-23-16/h2-13H,14H2,1H3. The van der Waals surface area contributed by atoms with Gasteiger partial charge in [0.2, 0.25) is 5.78 Å². The summed E-state index contributed by atoms with van der Waals surface area (Å²) in [6.45, 7) is 2.02. The van der Waals surface area contributed by atoms with Crippen LogP contribution in [0.25, 0.3) is 22.4 Å². The highest BCUT2D eigenvalue weighted by atomic mass is 32.2. The summed E-state index contributed by atoms with van der Waals surface area (Å²) in [6.07, 6.45) is 1.78. The third kappa shape index (κ3) is 3.09. The van der Waals surface area contributed by atoms with Crippen molar-refractivity contribution in [3.8, 4) is 5.69 Å². The number of hydrogen-bond acceptors (Lipinski definition) is 5. The molecular weight excluding hydrogens is 382 g/mol. The van der Waals surface area contributed by atoms with Gasteiger partial charge in [-0.25, -0.2) is 4.57 Å². The average Bonchev–Trinajstić information content (AvgIpc) is 3.18. The summed E-state index contributed by atoms with van der Waals surface area (Å²) in [4.78, 5) is 17.7. The predicted molar refractivity (Wildman–Crippen MR) is 115 cm³/mol. The molecule has 0 aliphatic heterocycles. The normalized spacial score (nSPS) is 11.3. The van der Waals surface area contributed by atoms with E-state index >= 15 is 0 Å². The van der Waals surface area contributed by atoms with Crippen molar-refractivity contribution in [2.75, 3.05) is 0 Å². The van der Waals surface area contributed by atoms with Gasteiger partial charge >= 0.3 is 0 Å². The van der Waals surface area contributed by atoms with E-state index in [0.717, 1.165) is 27.6 Å². The van der Waals surface area contributed by atoms with Crippen LogP contribution in [0.5, 0.6) is 0 Å². The van der Waals surface area contributed by atoms with Crippen LogP contribution in [0.2, 0.25) is 0 Å². The molecule has 2 aromatic carbocycles. The van der Waals surface area contributed by atoms with Crippen molar-refractivity contribution in [1.82, 2.24) is 24.1 Å². The molecule has 29 heavy (non-hydrogen) atoms. The molecule has 142 valence electrons. The topological polar surface area (TPSA) is 65.1 Å². The Balaban J connectivity index is 1.73. The molecule has 0 aliphatic rings. The molecule has 0 spiro atoms. The summed E-state index contributed by atoms with van der Waals surface area (Å²) in [6, 6.07) is 21.3. The van der Waals surface area contributed by atoms with Gasteiger partial charge in [-0.1, -0.05) is 47.7 Å². The second-order valence-corrected chi connectivity index (χ2v) is 7.66. The van der Waals surface area contributed by atoms with Gasteiger partial charge in [-0.2, -0.15) is 0 Å². The first kappa shape index (κ1) is 17.6. The number of nitrogens with zero attached hydrogens (tertiary/aromatic N) is 5. The van der Waals surface area contributed by atoms with Gasteiger partial charge < -0.3 is 0 Å². The molecule has 0 saturated carbocycles. The number of fused-ring (bicyclic) bond motifs is 3. The molecule has 0 aliphatic carbocycles. The molecule has 5 aromatic rings. The van der Waals surface area contributed by atoms with E-state index in [9.17, 15) is 4.79 Å². The van der Waals surface area contributed by atoms with Crippen LogP contribution in [0.1, 0.15) is 11.3 Å². The quantitative estimate of drug-likeness (QED) is 0.427. The number of aryl methyl sites for hydroxylation is 1. The van der Waals surface area contributed by atoms with Crippen LogP contribution >= 0.6 is 11.8 Å². The highest BCUT2D eigenvalue weighted by Gasteiger charge is 2.17. The molecule has 0 fully saturated rings. The molecule has 0 radical (unpaired) electrons. The number of pyridine rings is 1. The number of aromatic nitrogens is 5. The third-order valence-electron chi connectivity index (χ3n) is 4.76. The molecule has 3 heterocycles. The Kier molecular flexibility index (Phi) is 4.37. The first-order chi connectivity index (χ1) is 14.2. The van der Waals surface area contributed by atoms with Crippen LogP contribution in [0.4, 0.5) is 0 Å². The van der Waals surface area contributed by atoms with Gasteiger partial charge in [0.05, 0.1) is 22.3 Å². The number of rotatable bonds is 4. The molecule has 0 unspecified atom stereocenters. The first-order valence-electron chi connectivity index (χ1n) is 9.21. The zero-order valence-electron chi connectivity index (χ0n) is 15.7. The highest BCUT2D eigenvalue weighted by molar-refractivity contribution is 7.98. The van der Waals surface area contributed by atoms with Crippen LogP contribution in [0, 0.1) is 6.92 Å². The summed E-state index contributed by atoms with van der Waals surface area (Å²) >= 11 is 1.55. The maximum Gasteiger partial charge on any atom is 0.267 e. The smallest absolute Gasteiger partial charge is 0.267 e. The second-order valence-electron chi connectivity index (χ2n) is 6.72. The lowest BCUT2D eigenvalue weighted by Gasteiger charge is -2.11. The fourth-order valence-corrected chi connectivity index (χ4v) is 4.18. The molecule has 0 atom stereocenters. The average molecular weight is 399 g/mol. The van der Waals surface area contributed by atoms with Crippen molar-refractivity contribution in [2.45, 2.75) is 17.8 Å². The zero-order chi connectivity index (χ0) is 19.8. The van der Waals surface area contributed by atoms with E-state index in [2.05, 4.69) is 15.2 Å². The Hall–Kier alpha value is -3.45. The Bertz CT molecular complexity index is 1370. The summed E-state index contributed by atoms with van der Waals surface area (Å²) in [5, 5.41) is 10.1.